The van der Waals surface area contributed by atoms with Gasteiger partial charge in [-0.25, -0.2) is 4.39 Å². The van der Waals surface area contributed by atoms with Gasteiger partial charge in [0.1, 0.15) is 5.82 Å². The summed E-state index contributed by atoms with van der Waals surface area (Å²) < 4.78 is 13.2. The van der Waals surface area contributed by atoms with E-state index >= 15 is 0 Å². The number of carbonyl (C=O) groups excluding carboxylic acids is 1. The molecule has 0 aromatic heterocycles. The van der Waals surface area contributed by atoms with E-state index in [1.165, 1.54) is 12.1 Å². The third-order valence-corrected chi connectivity index (χ3v) is 6.66. The minimum absolute atomic E-state index is 0.0420. The topological polar surface area (TPSA) is 49.6 Å². The van der Waals surface area contributed by atoms with Crippen molar-refractivity contribution in [2.75, 3.05) is 18.8 Å². The van der Waals surface area contributed by atoms with Gasteiger partial charge >= 0.3 is 0 Å². The van der Waals surface area contributed by atoms with E-state index in [0.29, 0.717) is 10.7 Å². The third-order valence-electron chi connectivity index (χ3n) is 6.31. The van der Waals surface area contributed by atoms with E-state index in [0.717, 1.165) is 62.0 Å². The molecule has 0 radical (unpaired) electrons. The lowest BCUT2D eigenvalue weighted by molar-refractivity contribution is -0.131. The number of aryl methyl sites for hydroxylation is 1. The van der Waals surface area contributed by atoms with Crippen LogP contribution in [0.2, 0.25) is 5.02 Å². The SMILES string of the molecule is CCCc1cc(/C=C/C(=O)N2C3CCC2CN(Cc2ccc(F)cc2)C3)c(N)cc1Cl. The van der Waals surface area contributed by atoms with Crippen molar-refractivity contribution in [1.82, 2.24) is 9.80 Å². The quantitative estimate of drug-likeness (QED) is 0.512. The predicted molar refractivity (Wildman–Crippen MR) is 124 cm³/mol. The second kappa shape index (κ2) is 9.41. The zero-order valence-corrected chi connectivity index (χ0v) is 18.6. The molecule has 4 rings (SSSR count). The maximum Gasteiger partial charge on any atom is 0.247 e. The molecule has 2 heterocycles. The van der Waals surface area contributed by atoms with Crippen LogP contribution in [-0.2, 0) is 17.8 Å². The van der Waals surface area contributed by atoms with Gasteiger partial charge in [-0.15, -0.1) is 0 Å². The first-order valence-corrected chi connectivity index (χ1v) is 11.4. The van der Waals surface area contributed by atoms with Crippen LogP contribution in [0.3, 0.4) is 0 Å². The van der Waals surface area contributed by atoms with Crippen LogP contribution in [0.15, 0.2) is 42.5 Å². The fourth-order valence-electron chi connectivity index (χ4n) is 4.83. The van der Waals surface area contributed by atoms with Gasteiger partial charge in [0, 0.05) is 48.5 Å². The standard InChI is InChI=1S/C25H29ClFN3O/c1-2-3-18-12-19(24(28)13-23(18)26)6-11-25(31)30-21-9-10-22(30)16-29(15-21)14-17-4-7-20(27)8-5-17/h4-8,11-13,21-22H,2-3,9-10,14-16,28H2,1H3/b11-6+. The Balaban J connectivity index is 1.42. The highest BCUT2D eigenvalue weighted by atomic mass is 35.5. The molecule has 2 aromatic carbocycles. The summed E-state index contributed by atoms with van der Waals surface area (Å²) in [4.78, 5) is 17.4. The molecule has 1 amide bonds. The minimum atomic E-state index is -0.214. The first-order valence-electron chi connectivity index (χ1n) is 11.0. The highest BCUT2D eigenvalue weighted by Crippen LogP contribution is 2.32. The second-order valence-corrected chi connectivity index (χ2v) is 9.01. The monoisotopic (exact) mass is 441 g/mol. The van der Waals surface area contributed by atoms with Crippen molar-refractivity contribution >= 4 is 29.3 Å². The largest absolute Gasteiger partial charge is 0.398 e. The van der Waals surface area contributed by atoms with Gasteiger partial charge in [0.05, 0.1) is 0 Å². The Bertz CT molecular complexity index is 961. The number of carbonyl (C=O) groups is 1. The molecule has 2 aliphatic heterocycles. The van der Waals surface area contributed by atoms with E-state index in [4.69, 9.17) is 17.3 Å². The minimum Gasteiger partial charge on any atom is -0.398 e. The van der Waals surface area contributed by atoms with Gasteiger partial charge in [0.2, 0.25) is 5.91 Å². The van der Waals surface area contributed by atoms with Gasteiger partial charge in [-0.05, 0) is 66.3 Å². The molecular weight excluding hydrogens is 413 g/mol. The molecule has 2 N–H and O–H groups in total. The van der Waals surface area contributed by atoms with Crippen molar-refractivity contribution in [2.24, 2.45) is 0 Å². The summed E-state index contributed by atoms with van der Waals surface area (Å²) in [6, 6.07) is 10.9. The number of halogens is 2. The van der Waals surface area contributed by atoms with Crippen LogP contribution in [0.5, 0.6) is 0 Å². The molecule has 0 saturated carbocycles. The lowest BCUT2D eigenvalue weighted by atomic mass is 10.0. The van der Waals surface area contributed by atoms with Crippen LogP contribution in [0.25, 0.3) is 6.08 Å². The number of nitrogens with two attached hydrogens (primary N) is 1. The molecule has 2 aliphatic rings. The van der Waals surface area contributed by atoms with Crippen LogP contribution < -0.4 is 5.73 Å². The summed E-state index contributed by atoms with van der Waals surface area (Å²) in [6.45, 7) is 4.58. The van der Waals surface area contributed by atoms with Crippen LogP contribution in [0.4, 0.5) is 10.1 Å². The van der Waals surface area contributed by atoms with Gasteiger partial charge in [0.15, 0.2) is 0 Å². The zero-order valence-electron chi connectivity index (χ0n) is 17.9. The Labute approximate surface area is 188 Å². The molecule has 31 heavy (non-hydrogen) atoms. The molecule has 2 fully saturated rings. The summed E-state index contributed by atoms with van der Waals surface area (Å²) in [5.74, 6) is -0.172. The highest BCUT2D eigenvalue weighted by Gasteiger charge is 2.41. The molecular formula is C25H29ClFN3O. The molecule has 4 nitrogen and oxygen atoms in total. The number of amides is 1. The first-order chi connectivity index (χ1) is 14.9. The van der Waals surface area contributed by atoms with Gasteiger partial charge in [-0.2, -0.15) is 0 Å². The normalized spacial score (nSPS) is 21.2. The number of anilines is 1. The molecule has 2 bridgehead atoms. The first kappa shape index (κ1) is 21.8. The Kier molecular flexibility index (Phi) is 6.63. The van der Waals surface area contributed by atoms with Crippen molar-refractivity contribution in [2.45, 2.75) is 51.2 Å². The number of likely N-dealkylation sites (tertiary alicyclic amines) is 1. The number of nitrogens with zero attached hydrogens (tertiary/aromatic N) is 2. The van der Waals surface area contributed by atoms with Crippen molar-refractivity contribution in [3.63, 3.8) is 0 Å². The average molecular weight is 442 g/mol. The van der Waals surface area contributed by atoms with Crippen molar-refractivity contribution in [3.8, 4) is 0 Å². The number of hydrogen-bond donors (Lipinski definition) is 1. The second-order valence-electron chi connectivity index (χ2n) is 8.61. The lowest BCUT2D eigenvalue weighted by Gasteiger charge is -2.40. The van der Waals surface area contributed by atoms with E-state index in [-0.39, 0.29) is 23.8 Å². The van der Waals surface area contributed by atoms with Crippen LogP contribution in [-0.4, -0.2) is 40.9 Å². The van der Waals surface area contributed by atoms with E-state index in [1.807, 2.05) is 29.2 Å². The lowest BCUT2D eigenvalue weighted by Crippen LogP contribution is -2.55. The number of hydrogen-bond acceptors (Lipinski definition) is 3. The van der Waals surface area contributed by atoms with Crippen LogP contribution in [0.1, 0.15) is 42.9 Å². The fourth-order valence-corrected chi connectivity index (χ4v) is 5.10. The third kappa shape index (κ3) is 4.94. The average Bonchev–Trinajstić information content (AvgIpc) is 3.01. The summed E-state index contributed by atoms with van der Waals surface area (Å²) in [5, 5.41) is 0.679. The predicted octanol–water partition coefficient (Wildman–Crippen LogP) is 4.90. The fraction of sp³-hybridized carbons (Fsp3) is 0.400. The van der Waals surface area contributed by atoms with E-state index in [2.05, 4.69) is 11.8 Å². The van der Waals surface area contributed by atoms with Gasteiger partial charge in [-0.3, -0.25) is 9.69 Å². The van der Waals surface area contributed by atoms with Crippen molar-refractivity contribution in [1.29, 1.82) is 0 Å². The van der Waals surface area contributed by atoms with Crippen molar-refractivity contribution in [3.05, 3.63) is 70.0 Å². The Hall–Kier alpha value is -2.37. The number of fused-ring (bicyclic) bond motifs is 2. The summed E-state index contributed by atoms with van der Waals surface area (Å²) in [5.41, 5.74) is 9.70. The maximum absolute atomic E-state index is 13.2. The van der Waals surface area contributed by atoms with Crippen LogP contribution >= 0.6 is 11.6 Å². The summed E-state index contributed by atoms with van der Waals surface area (Å²) in [6.07, 6.45) is 7.39. The number of benzene rings is 2. The summed E-state index contributed by atoms with van der Waals surface area (Å²) >= 11 is 6.29. The zero-order chi connectivity index (χ0) is 22.0. The number of piperazine rings is 1. The Morgan fingerprint density at radius 1 is 1.19 bits per heavy atom. The van der Waals surface area contributed by atoms with Crippen LogP contribution in [0, 0.1) is 5.82 Å². The van der Waals surface area contributed by atoms with E-state index in [1.54, 1.807) is 12.1 Å². The van der Waals surface area contributed by atoms with E-state index in [9.17, 15) is 9.18 Å². The molecule has 0 spiro atoms. The highest BCUT2D eigenvalue weighted by molar-refractivity contribution is 6.31. The molecule has 164 valence electrons. The number of rotatable bonds is 6. The molecule has 2 unspecified atom stereocenters. The Morgan fingerprint density at radius 2 is 1.87 bits per heavy atom. The summed E-state index contributed by atoms with van der Waals surface area (Å²) in [7, 11) is 0. The molecule has 2 atom stereocenters. The Morgan fingerprint density at radius 3 is 2.52 bits per heavy atom. The smallest absolute Gasteiger partial charge is 0.247 e. The van der Waals surface area contributed by atoms with Gasteiger partial charge in [-0.1, -0.05) is 37.1 Å². The molecule has 6 heteroatoms. The molecule has 0 aliphatic carbocycles. The van der Waals surface area contributed by atoms with Crippen molar-refractivity contribution < 1.29 is 9.18 Å². The molecule has 2 aromatic rings. The number of nitrogen functional groups attached to an aromatic ring is 1. The van der Waals surface area contributed by atoms with Gasteiger partial charge in [0.25, 0.3) is 0 Å². The molecule has 2 saturated heterocycles. The maximum atomic E-state index is 13.2. The van der Waals surface area contributed by atoms with Gasteiger partial charge < -0.3 is 10.6 Å². The van der Waals surface area contributed by atoms with E-state index < -0.39 is 0 Å².